The van der Waals surface area contributed by atoms with Crippen LogP contribution < -0.4 is 0 Å². The van der Waals surface area contributed by atoms with Gasteiger partial charge in [0.2, 0.25) is 0 Å². The maximum Gasteiger partial charge on any atom is 0.129 e. The van der Waals surface area contributed by atoms with Crippen molar-refractivity contribution in [2.45, 2.75) is 52.4 Å². The standard InChI is InChI=1S/C10H13IO.C10H14O/c1-10(2,3)7-4-5-8(11)9(12)6-7;1-10(2,3)8-5-4-6-9(11)7-8/h4-6,12H,1-3H3;4-7,11H,1-3H3. The van der Waals surface area contributed by atoms with Gasteiger partial charge in [-0.15, -0.1) is 0 Å². The Balaban J connectivity index is 0.000000231. The molecule has 0 aliphatic heterocycles. The maximum atomic E-state index is 9.46. The van der Waals surface area contributed by atoms with Gasteiger partial charge in [-0.05, 0) is 68.8 Å². The normalized spacial score (nSPS) is 11.6. The van der Waals surface area contributed by atoms with E-state index in [1.165, 1.54) is 5.56 Å². The van der Waals surface area contributed by atoms with E-state index in [0.29, 0.717) is 11.5 Å². The van der Waals surface area contributed by atoms with E-state index in [1.54, 1.807) is 12.1 Å². The van der Waals surface area contributed by atoms with Crippen molar-refractivity contribution in [3.8, 4) is 11.5 Å². The summed E-state index contributed by atoms with van der Waals surface area (Å²) in [6.45, 7) is 12.8. The molecule has 2 aromatic carbocycles. The summed E-state index contributed by atoms with van der Waals surface area (Å²) in [4.78, 5) is 0. The number of hydrogen-bond acceptors (Lipinski definition) is 2. The first-order valence-electron chi connectivity index (χ1n) is 7.70. The number of hydrogen-bond donors (Lipinski definition) is 2. The Kier molecular flexibility index (Phi) is 6.51. The van der Waals surface area contributed by atoms with Crippen LogP contribution in [0.4, 0.5) is 0 Å². The Labute approximate surface area is 153 Å². The van der Waals surface area contributed by atoms with E-state index < -0.39 is 0 Å². The summed E-state index contributed by atoms with van der Waals surface area (Å²) in [6, 6.07) is 13.2. The number of phenolic OH excluding ortho intramolecular Hbond substituents is 2. The molecule has 0 spiro atoms. The molecule has 0 unspecified atom stereocenters. The Bertz CT molecular complexity index is 649. The zero-order valence-electron chi connectivity index (χ0n) is 14.8. The fourth-order valence-electron chi connectivity index (χ4n) is 1.95. The van der Waals surface area contributed by atoms with E-state index in [9.17, 15) is 10.2 Å². The molecule has 0 radical (unpaired) electrons. The second kappa shape index (κ2) is 7.56. The van der Waals surface area contributed by atoms with E-state index >= 15 is 0 Å². The van der Waals surface area contributed by atoms with Crippen LogP contribution in [0.5, 0.6) is 11.5 Å². The van der Waals surface area contributed by atoms with Crippen LogP contribution in [0, 0.1) is 3.57 Å². The van der Waals surface area contributed by atoms with Crippen molar-refractivity contribution in [3.05, 3.63) is 57.2 Å². The average Bonchev–Trinajstić information content (AvgIpc) is 2.40. The van der Waals surface area contributed by atoms with Crippen molar-refractivity contribution >= 4 is 22.6 Å². The number of rotatable bonds is 0. The Morgan fingerprint density at radius 1 is 0.739 bits per heavy atom. The predicted molar refractivity (Wildman–Crippen MR) is 106 cm³/mol. The second-order valence-corrected chi connectivity index (χ2v) is 8.88. The molecule has 0 aliphatic carbocycles. The van der Waals surface area contributed by atoms with E-state index in [-0.39, 0.29) is 10.8 Å². The van der Waals surface area contributed by atoms with Crippen LogP contribution >= 0.6 is 22.6 Å². The quantitative estimate of drug-likeness (QED) is 0.509. The van der Waals surface area contributed by atoms with Crippen LogP contribution in [0.25, 0.3) is 0 Å². The molecule has 0 heterocycles. The van der Waals surface area contributed by atoms with Crippen molar-refractivity contribution in [3.63, 3.8) is 0 Å². The largest absolute Gasteiger partial charge is 0.508 e. The van der Waals surface area contributed by atoms with Crippen molar-refractivity contribution in [2.24, 2.45) is 0 Å². The van der Waals surface area contributed by atoms with Crippen molar-refractivity contribution in [1.29, 1.82) is 0 Å². The molecular weight excluding hydrogens is 399 g/mol. The van der Waals surface area contributed by atoms with E-state index in [0.717, 1.165) is 9.13 Å². The van der Waals surface area contributed by atoms with Crippen LogP contribution in [0.1, 0.15) is 52.7 Å². The molecule has 2 nitrogen and oxygen atoms in total. The molecule has 0 saturated carbocycles. The van der Waals surface area contributed by atoms with Gasteiger partial charge in [0, 0.05) is 0 Å². The third-order valence-corrected chi connectivity index (χ3v) is 4.44. The summed E-state index contributed by atoms with van der Waals surface area (Å²) in [5, 5.41) is 18.6. The van der Waals surface area contributed by atoms with Gasteiger partial charge in [-0.2, -0.15) is 0 Å². The number of halogens is 1. The summed E-state index contributed by atoms with van der Waals surface area (Å²) in [5.41, 5.74) is 2.57. The SMILES string of the molecule is CC(C)(C)c1ccc(I)c(O)c1.CC(C)(C)c1cccc(O)c1. The lowest BCUT2D eigenvalue weighted by atomic mass is 9.87. The molecule has 0 saturated heterocycles. The minimum Gasteiger partial charge on any atom is -0.508 e. The fraction of sp³-hybridized carbons (Fsp3) is 0.400. The van der Waals surface area contributed by atoms with Crippen molar-refractivity contribution in [2.75, 3.05) is 0 Å². The molecule has 0 aromatic heterocycles. The van der Waals surface area contributed by atoms with Crippen LogP contribution in [0.3, 0.4) is 0 Å². The third kappa shape index (κ3) is 6.42. The number of aromatic hydroxyl groups is 2. The first kappa shape index (κ1) is 19.8. The molecule has 0 amide bonds. The van der Waals surface area contributed by atoms with Crippen molar-refractivity contribution < 1.29 is 10.2 Å². The highest BCUT2D eigenvalue weighted by atomic mass is 127. The van der Waals surface area contributed by atoms with E-state index in [2.05, 4.69) is 70.2 Å². The monoisotopic (exact) mass is 426 g/mol. The summed E-state index contributed by atoms with van der Waals surface area (Å²) < 4.78 is 0.903. The van der Waals surface area contributed by atoms with Crippen LogP contribution in [0.2, 0.25) is 0 Å². The van der Waals surface area contributed by atoms with Gasteiger partial charge in [0.1, 0.15) is 11.5 Å². The molecule has 0 aliphatic rings. The molecule has 2 N–H and O–H groups in total. The molecule has 2 rings (SSSR count). The third-order valence-electron chi connectivity index (χ3n) is 3.52. The van der Waals surface area contributed by atoms with Crippen LogP contribution in [-0.2, 0) is 10.8 Å². The average molecular weight is 426 g/mol. The minimum atomic E-state index is 0.113. The lowest BCUT2D eigenvalue weighted by molar-refractivity contribution is 0.467. The summed E-state index contributed by atoms with van der Waals surface area (Å²) in [6.07, 6.45) is 0. The highest BCUT2D eigenvalue weighted by Crippen LogP contribution is 2.28. The molecule has 3 heteroatoms. The topological polar surface area (TPSA) is 40.5 Å². The second-order valence-electron chi connectivity index (χ2n) is 7.72. The van der Waals surface area contributed by atoms with E-state index in [1.807, 2.05) is 24.3 Å². The zero-order valence-corrected chi connectivity index (χ0v) is 17.0. The summed E-state index contributed by atoms with van der Waals surface area (Å²) >= 11 is 2.12. The molecule has 126 valence electrons. The fourth-order valence-corrected chi connectivity index (χ4v) is 2.29. The van der Waals surface area contributed by atoms with Gasteiger partial charge < -0.3 is 10.2 Å². The van der Waals surface area contributed by atoms with Gasteiger partial charge in [0.05, 0.1) is 3.57 Å². The molecule has 0 bridgehead atoms. The molecule has 0 atom stereocenters. The van der Waals surface area contributed by atoms with Crippen LogP contribution in [-0.4, -0.2) is 10.2 Å². The summed E-state index contributed by atoms with van der Waals surface area (Å²) in [7, 11) is 0. The van der Waals surface area contributed by atoms with Gasteiger partial charge in [0.25, 0.3) is 0 Å². The lowest BCUT2D eigenvalue weighted by Crippen LogP contribution is -2.10. The van der Waals surface area contributed by atoms with Crippen LogP contribution in [0.15, 0.2) is 42.5 Å². The van der Waals surface area contributed by atoms with Crippen molar-refractivity contribution in [1.82, 2.24) is 0 Å². The van der Waals surface area contributed by atoms with Gasteiger partial charge in [-0.3, -0.25) is 0 Å². The minimum absolute atomic E-state index is 0.113. The Morgan fingerprint density at radius 2 is 1.26 bits per heavy atom. The molecule has 2 aromatic rings. The number of phenols is 2. The molecule has 23 heavy (non-hydrogen) atoms. The number of benzene rings is 2. The first-order chi connectivity index (χ1) is 10.4. The summed E-state index contributed by atoms with van der Waals surface area (Å²) in [5.74, 6) is 0.723. The van der Waals surface area contributed by atoms with Gasteiger partial charge >= 0.3 is 0 Å². The van der Waals surface area contributed by atoms with E-state index in [4.69, 9.17) is 0 Å². The van der Waals surface area contributed by atoms with Gasteiger partial charge in [-0.1, -0.05) is 59.7 Å². The highest BCUT2D eigenvalue weighted by molar-refractivity contribution is 14.1. The maximum absolute atomic E-state index is 9.46. The molecule has 0 fully saturated rings. The lowest BCUT2D eigenvalue weighted by Gasteiger charge is -2.19. The smallest absolute Gasteiger partial charge is 0.129 e. The Hall–Kier alpha value is -1.23. The first-order valence-corrected chi connectivity index (χ1v) is 8.77. The van der Waals surface area contributed by atoms with Gasteiger partial charge in [0.15, 0.2) is 0 Å². The Morgan fingerprint density at radius 3 is 1.65 bits per heavy atom. The zero-order chi connectivity index (χ0) is 17.8. The van der Waals surface area contributed by atoms with Gasteiger partial charge in [-0.25, -0.2) is 0 Å². The molecular formula is C20H27IO2. The predicted octanol–water partition coefficient (Wildman–Crippen LogP) is 5.98. The highest BCUT2D eigenvalue weighted by Gasteiger charge is 2.14.